The Morgan fingerprint density at radius 1 is 1.44 bits per heavy atom. The maximum atomic E-state index is 11.5. The standard InChI is InChI=1S/C9H9NO5S/c10-8-2-1-6(5-7(8)9(12)13)16(14,15)4-3-11/h1-3,5H,4,10H2,(H,12,13). The topological polar surface area (TPSA) is 115 Å². The molecule has 0 saturated heterocycles. The minimum Gasteiger partial charge on any atom is -0.478 e. The van der Waals surface area contributed by atoms with Crippen LogP contribution in [0.5, 0.6) is 0 Å². The lowest BCUT2D eigenvalue weighted by Gasteiger charge is -2.04. The summed E-state index contributed by atoms with van der Waals surface area (Å²) in [4.78, 5) is 20.6. The normalized spacial score (nSPS) is 11.0. The Labute approximate surface area is 91.6 Å². The highest BCUT2D eigenvalue weighted by molar-refractivity contribution is 7.92. The molecule has 86 valence electrons. The van der Waals surface area contributed by atoms with Gasteiger partial charge in [0.1, 0.15) is 12.0 Å². The first-order chi connectivity index (χ1) is 7.38. The van der Waals surface area contributed by atoms with E-state index in [0.717, 1.165) is 6.07 Å². The second-order valence-corrected chi connectivity index (χ2v) is 5.04. The van der Waals surface area contributed by atoms with Gasteiger partial charge in [-0.25, -0.2) is 13.2 Å². The van der Waals surface area contributed by atoms with Crippen LogP contribution in [0.2, 0.25) is 0 Å². The van der Waals surface area contributed by atoms with E-state index in [4.69, 9.17) is 10.8 Å². The number of benzene rings is 1. The number of rotatable bonds is 4. The molecule has 0 aliphatic rings. The maximum Gasteiger partial charge on any atom is 0.337 e. The van der Waals surface area contributed by atoms with E-state index in [1.165, 1.54) is 12.1 Å². The van der Waals surface area contributed by atoms with Gasteiger partial charge in [-0.15, -0.1) is 0 Å². The Kier molecular flexibility index (Phi) is 3.28. The van der Waals surface area contributed by atoms with Gasteiger partial charge in [0, 0.05) is 5.69 Å². The Bertz CT molecular complexity index is 535. The third kappa shape index (κ3) is 2.37. The lowest BCUT2D eigenvalue weighted by atomic mass is 10.2. The van der Waals surface area contributed by atoms with E-state index >= 15 is 0 Å². The largest absolute Gasteiger partial charge is 0.478 e. The fourth-order valence-electron chi connectivity index (χ4n) is 1.10. The Morgan fingerprint density at radius 3 is 2.56 bits per heavy atom. The molecule has 0 atom stereocenters. The van der Waals surface area contributed by atoms with Crippen molar-refractivity contribution in [3.8, 4) is 0 Å². The van der Waals surface area contributed by atoms with Gasteiger partial charge in [0.2, 0.25) is 0 Å². The molecular weight excluding hydrogens is 234 g/mol. The van der Waals surface area contributed by atoms with Crippen LogP contribution >= 0.6 is 0 Å². The van der Waals surface area contributed by atoms with Gasteiger partial charge in [0.05, 0.1) is 10.5 Å². The van der Waals surface area contributed by atoms with Crippen LogP contribution in [0.1, 0.15) is 10.4 Å². The van der Waals surface area contributed by atoms with Crippen molar-refractivity contribution in [1.82, 2.24) is 0 Å². The summed E-state index contributed by atoms with van der Waals surface area (Å²) < 4.78 is 22.9. The van der Waals surface area contributed by atoms with Crippen molar-refractivity contribution in [3.63, 3.8) is 0 Å². The number of carbonyl (C=O) groups excluding carboxylic acids is 1. The molecule has 1 aromatic carbocycles. The third-order valence-electron chi connectivity index (χ3n) is 1.90. The highest BCUT2D eigenvalue weighted by atomic mass is 32.2. The van der Waals surface area contributed by atoms with Crippen LogP contribution in [0.3, 0.4) is 0 Å². The Balaban J connectivity index is 3.33. The van der Waals surface area contributed by atoms with E-state index in [0.29, 0.717) is 0 Å². The second kappa shape index (κ2) is 4.31. The molecule has 0 aromatic heterocycles. The second-order valence-electron chi connectivity index (χ2n) is 3.00. The summed E-state index contributed by atoms with van der Waals surface area (Å²) in [5.74, 6) is -2.00. The van der Waals surface area contributed by atoms with Crippen LogP contribution < -0.4 is 5.73 Å². The minimum absolute atomic E-state index is 0.0300. The van der Waals surface area contributed by atoms with E-state index in [-0.39, 0.29) is 22.4 Å². The van der Waals surface area contributed by atoms with Crippen LogP contribution in [-0.4, -0.2) is 31.5 Å². The first-order valence-electron chi connectivity index (χ1n) is 4.17. The minimum atomic E-state index is -3.77. The van der Waals surface area contributed by atoms with Gasteiger partial charge in [-0.2, -0.15) is 0 Å². The quantitative estimate of drug-likeness (QED) is 0.565. The summed E-state index contributed by atoms with van der Waals surface area (Å²) in [5.41, 5.74) is 5.03. The summed E-state index contributed by atoms with van der Waals surface area (Å²) in [5, 5.41) is 8.74. The van der Waals surface area contributed by atoms with E-state index in [1.807, 2.05) is 0 Å². The molecule has 0 unspecified atom stereocenters. The average molecular weight is 243 g/mol. The van der Waals surface area contributed by atoms with Crippen molar-refractivity contribution in [2.45, 2.75) is 4.90 Å². The zero-order chi connectivity index (χ0) is 12.3. The molecule has 0 saturated carbocycles. The zero-order valence-corrected chi connectivity index (χ0v) is 8.90. The molecule has 0 amide bonds. The fourth-order valence-corrected chi connectivity index (χ4v) is 2.04. The van der Waals surface area contributed by atoms with Crippen LogP contribution in [0.4, 0.5) is 5.69 Å². The molecule has 7 heteroatoms. The highest BCUT2D eigenvalue weighted by Gasteiger charge is 2.17. The van der Waals surface area contributed by atoms with Crippen molar-refractivity contribution in [1.29, 1.82) is 0 Å². The van der Waals surface area contributed by atoms with Crippen LogP contribution in [-0.2, 0) is 14.6 Å². The summed E-state index contributed by atoms with van der Waals surface area (Å²) in [6.45, 7) is 0. The van der Waals surface area contributed by atoms with Gasteiger partial charge < -0.3 is 15.6 Å². The number of hydrogen-bond donors (Lipinski definition) is 2. The molecular formula is C9H9NO5S. The average Bonchev–Trinajstić information content (AvgIpc) is 2.17. The number of nitrogens with two attached hydrogens (primary N) is 1. The van der Waals surface area contributed by atoms with E-state index in [9.17, 15) is 18.0 Å². The number of anilines is 1. The van der Waals surface area contributed by atoms with Crippen LogP contribution in [0, 0.1) is 0 Å². The first-order valence-corrected chi connectivity index (χ1v) is 5.83. The maximum absolute atomic E-state index is 11.5. The molecule has 1 aromatic rings. The van der Waals surface area contributed by atoms with Crippen molar-refractivity contribution in [3.05, 3.63) is 23.8 Å². The van der Waals surface area contributed by atoms with Gasteiger partial charge in [0.25, 0.3) is 0 Å². The molecule has 0 aliphatic carbocycles. The third-order valence-corrected chi connectivity index (χ3v) is 3.45. The van der Waals surface area contributed by atoms with E-state index < -0.39 is 21.6 Å². The molecule has 3 N–H and O–H groups in total. The molecule has 0 spiro atoms. The Morgan fingerprint density at radius 2 is 2.06 bits per heavy atom. The van der Waals surface area contributed by atoms with Gasteiger partial charge >= 0.3 is 5.97 Å². The summed E-state index contributed by atoms with van der Waals surface area (Å²) in [7, 11) is -3.77. The van der Waals surface area contributed by atoms with Gasteiger partial charge in [-0.3, -0.25) is 0 Å². The molecule has 1 rings (SSSR count). The molecule has 16 heavy (non-hydrogen) atoms. The first kappa shape index (κ1) is 12.2. The van der Waals surface area contributed by atoms with E-state index in [1.54, 1.807) is 0 Å². The van der Waals surface area contributed by atoms with Crippen LogP contribution in [0.15, 0.2) is 23.1 Å². The predicted molar refractivity (Wildman–Crippen MR) is 55.9 cm³/mol. The van der Waals surface area contributed by atoms with Gasteiger partial charge in [-0.1, -0.05) is 0 Å². The van der Waals surface area contributed by atoms with Crippen molar-refractivity contribution >= 4 is 27.8 Å². The number of carbonyl (C=O) groups is 2. The number of nitrogen functional groups attached to an aromatic ring is 1. The number of hydrogen-bond acceptors (Lipinski definition) is 5. The van der Waals surface area contributed by atoms with Crippen LogP contribution in [0.25, 0.3) is 0 Å². The molecule has 0 fully saturated rings. The SMILES string of the molecule is Nc1ccc(S(=O)(=O)CC=O)cc1C(=O)O. The fraction of sp³-hybridized carbons (Fsp3) is 0.111. The monoisotopic (exact) mass is 243 g/mol. The highest BCUT2D eigenvalue weighted by Crippen LogP contribution is 2.18. The molecule has 0 heterocycles. The smallest absolute Gasteiger partial charge is 0.337 e. The summed E-state index contributed by atoms with van der Waals surface area (Å²) in [6.07, 6.45) is 0.242. The molecule has 0 bridgehead atoms. The Hall–Kier alpha value is -1.89. The van der Waals surface area contributed by atoms with Crippen molar-refractivity contribution in [2.24, 2.45) is 0 Å². The summed E-state index contributed by atoms with van der Waals surface area (Å²) in [6, 6.07) is 3.29. The number of carboxylic acid groups (broad SMARTS) is 1. The molecule has 0 radical (unpaired) electrons. The predicted octanol–water partition coefficient (Wildman–Crippen LogP) is -0.0604. The number of sulfone groups is 1. The summed E-state index contributed by atoms with van der Waals surface area (Å²) >= 11 is 0. The molecule has 0 aliphatic heterocycles. The van der Waals surface area contributed by atoms with Gasteiger partial charge in [0.15, 0.2) is 9.84 Å². The number of aldehydes is 1. The number of aromatic carboxylic acids is 1. The van der Waals surface area contributed by atoms with Crippen molar-refractivity contribution in [2.75, 3.05) is 11.5 Å². The molecule has 6 nitrogen and oxygen atoms in total. The number of carboxylic acids is 1. The lowest BCUT2D eigenvalue weighted by molar-refractivity contribution is -0.105. The van der Waals surface area contributed by atoms with Gasteiger partial charge in [-0.05, 0) is 18.2 Å². The lowest BCUT2D eigenvalue weighted by Crippen LogP contribution is -2.10. The zero-order valence-electron chi connectivity index (χ0n) is 8.08. The van der Waals surface area contributed by atoms with Crippen molar-refractivity contribution < 1.29 is 23.1 Å². The van der Waals surface area contributed by atoms with E-state index in [2.05, 4.69) is 0 Å².